The van der Waals surface area contributed by atoms with Crippen molar-refractivity contribution in [2.75, 3.05) is 11.9 Å². The molecule has 0 amide bonds. The van der Waals surface area contributed by atoms with Gasteiger partial charge in [-0.2, -0.15) is 0 Å². The normalized spacial score (nSPS) is 13.8. The predicted molar refractivity (Wildman–Crippen MR) is 85.3 cm³/mol. The summed E-state index contributed by atoms with van der Waals surface area (Å²) in [5.41, 5.74) is 3.22. The molecule has 0 heterocycles. The van der Waals surface area contributed by atoms with Crippen LogP contribution in [0.5, 0.6) is 0 Å². The Morgan fingerprint density at radius 2 is 1.65 bits per heavy atom. The first-order valence-corrected chi connectivity index (χ1v) is 7.13. The van der Waals surface area contributed by atoms with E-state index in [1.807, 2.05) is 42.5 Å². The van der Waals surface area contributed by atoms with Gasteiger partial charge < -0.3 is 10.0 Å². The van der Waals surface area contributed by atoms with Crippen molar-refractivity contribution in [3.8, 4) is 0 Å². The average Bonchev–Trinajstić information content (AvgIpc) is 2.46. The van der Waals surface area contributed by atoms with E-state index in [4.69, 9.17) is 11.6 Å². The Morgan fingerprint density at radius 3 is 2.20 bits per heavy atom. The quantitative estimate of drug-likeness (QED) is 0.890. The van der Waals surface area contributed by atoms with Gasteiger partial charge >= 0.3 is 0 Å². The van der Waals surface area contributed by atoms with Crippen molar-refractivity contribution in [2.24, 2.45) is 0 Å². The number of halogens is 1. The molecule has 0 bridgehead atoms. The Balaban J connectivity index is 2.20. The zero-order valence-electron chi connectivity index (χ0n) is 12.0. The van der Waals surface area contributed by atoms with Crippen LogP contribution in [0.25, 0.3) is 0 Å². The minimum Gasteiger partial charge on any atom is -0.389 e. The van der Waals surface area contributed by atoms with Gasteiger partial charge in [-0.25, -0.2) is 0 Å². The molecule has 0 radical (unpaired) electrons. The Hall–Kier alpha value is -1.51. The van der Waals surface area contributed by atoms with Crippen molar-refractivity contribution in [1.29, 1.82) is 0 Å². The molecule has 106 valence electrons. The number of nitrogens with zero attached hydrogens (tertiary/aromatic N) is 1. The second-order valence-electron chi connectivity index (χ2n) is 5.11. The van der Waals surface area contributed by atoms with Crippen molar-refractivity contribution in [3.05, 3.63) is 64.7 Å². The summed E-state index contributed by atoms with van der Waals surface area (Å²) in [7, 11) is 2.06. The number of aliphatic hydroxyl groups excluding tert-OH is 1. The largest absolute Gasteiger partial charge is 0.389 e. The van der Waals surface area contributed by atoms with Gasteiger partial charge in [-0.3, -0.25) is 0 Å². The summed E-state index contributed by atoms with van der Waals surface area (Å²) in [6, 6.07) is 16.1. The number of rotatable bonds is 4. The molecule has 20 heavy (non-hydrogen) atoms. The second kappa shape index (κ2) is 6.29. The first-order chi connectivity index (χ1) is 9.49. The van der Waals surface area contributed by atoms with Crippen LogP contribution in [0, 0.1) is 0 Å². The van der Waals surface area contributed by atoms with Gasteiger partial charge in [0.2, 0.25) is 0 Å². The van der Waals surface area contributed by atoms with Crippen molar-refractivity contribution in [2.45, 2.75) is 26.0 Å². The number of hydrogen-bond acceptors (Lipinski definition) is 2. The molecule has 2 atom stereocenters. The van der Waals surface area contributed by atoms with Crippen molar-refractivity contribution in [1.82, 2.24) is 0 Å². The number of benzene rings is 2. The molecule has 0 saturated heterocycles. The minimum atomic E-state index is -0.431. The van der Waals surface area contributed by atoms with Crippen LogP contribution >= 0.6 is 11.6 Å². The highest BCUT2D eigenvalue weighted by Gasteiger charge is 2.13. The Labute approximate surface area is 125 Å². The maximum atomic E-state index is 9.54. The van der Waals surface area contributed by atoms with E-state index >= 15 is 0 Å². The van der Waals surface area contributed by atoms with Gasteiger partial charge in [0.15, 0.2) is 0 Å². The highest BCUT2D eigenvalue weighted by Crippen LogP contribution is 2.27. The lowest BCUT2D eigenvalue weighted by Gasteiger charge is -2.28. The second-order valence-corrected chi connectivity index (χ2v) is 5.55. The molecule has 2 aromatic rings. The fourth-order valence-corrected chi connectivity index (χ4v) is 2.40. The molecular weight excluding hydrogens is 270 g/mol. The minimum absolute atomic E-state index is 0.228. The summed E-state index contributed by atoms with van der Waals surface area (Å²) in [6.07, 6.45) is -0.431. The summed E-state index contributed by atoms with van der Waals surface area (Å²) < 4.78 is 0. The molecule has 1 N–H and O–H groups in total. The average molecular weight is 290 g/mol. The van der Waals surface area contributed by atoms with E-state index in [9.17, 15) is 5.11 Å². The molecule has 1 unspecified atom stereocenters. The van der Waals surface area contributed by atoms with E-state index < -0.39 is 6.10 Å². The van der Waals surface area contributed by atoms with E-state index in [1.165, 1.54) is 5.56 Å². The van der Waals surface area contributed by atoms with Gasteiger partial charge in [-0.15, -0.1) is 0 Å². The van der Waals surface area contributed by atoms with Crippen LogP contribution in [0.15, 0.2) is 48.5 Å². The van der Waals surface area contributed by atoms with Gasteiger partial charge in [0.25, 0.3) is 0 Å². The van der Waals surface area contributed by atoms with E-state index in [2.05, 4.69) is 24.9 Å². The van der Waals surface area contributed by atoms with Crippen LogP contribution < -0.4 is 4.90 Å². The van der Waals surface area contributed by atoms with Gasteiger partial charge in [0.05, 0.1) is 12.1 Å². The zero-order valence-corrected chi connectivity index (χ0v) is 12.8. The summed E-state index contributed by atoms with van der Waals surface area (Å²) in [6.45, 7) is 3.92. The lowest BCUT2D eigenvalue weighted by Crippen LogP contribution is -2.21. The SMILES string of the molecule is CC(c1cccc(Cl)c1)N(C)c1ccc([C@@H](C)O)cc1. The standard InChI is InChI=1S/C17H20ClNO/c1-12(15-5-4-6-16(18)11-15)19(3)17-9-7-14(8-10-17)13(2)20/h4-13,20H,1-3H3/t12?,13-/m1/s1. The van der Waals surface area contributed by atoms with Crippen molar-refractivity contribution >= 4 is 17.3 Å². The molecule has 2 aromatic carbocycles. The molecule has 0 aliphatic carbocycles. The van der Waals surface area contributed by atoms with Gasteiger partial charge in [-0.1, -0.05) is 35.9 Å². The summed E-state index contributed by atoms with van der Waals surface area (Å²) >= 11 is 6.05. The molecular formula is C17H20ClNO. The van der Waals surface area contributed by atoms with Gasteiger partial charge in [0.1, 0.15) is 0 Å². The molecule has 0 fully saturated rings. The van der Waals surface area contributed by atoms with Gasteiger partial charge in [0, 0.05) is 17.8 Å². The van der Waals surface area contributed by atoms with Crippen LogP contribution in [0.1, 0.15) is 37.1 Å². The fourth-order valence-electron chi connectivity index (χ4n) is 2.20. The van der Waals surface area contributed by atoms with Crippen LogP contribution in [0.4, 0.5) is 5.69 Å². The first-order valence-electron chi connectivity index (χ1n) is 6.75. The lowest BCUT2D eigenvalue weighted by atomic mass is 10.1. The zero-order chi connectivity index (χ0) is 14.7. The fraction of sp³-hybridized carbons (Fsp3) is 0.294. The van der Waals surface area contributed by atoms with Crippen molar-refractivity contribution < 1.29 is 5.11 Å². The van der Waals surface area contributed by atoms with Crippen LogP contribution in [0.2, 0.25) is 5.02 Å². The Kier molecular flexibility index (Phi) is 4.69. The van der Waals surface area contributed by atoms with Crippen LogP contribution in [-0.4, -0.2) is 12.2 Å². The number of anilines is 1. The topological polar surface area (TPSA) is 23.5 Å². The van der Waals surface area contributed by atoms with Crippen LogP contribution in [-0.2, 0) is 0 Å². The Morgan fingerprint density at radius 1 is 1.00 bits per heavy atom. The smallest absolute Gasteiger partial charge is 0.0761 e. The summed E-state index contributed by atoms with van der Waals surface area (Å²) in [4.78, 5) is 2.19. The number of hydrogen-bond donors (Lipinski definition) is 1. The molecule has 0 aliphatic rings. The molecule has 0 aromatic heterocycles. The monoisotopic (exact) mass is 289 g/mol. The molecule has 2 nitrogen and oxygen atoms in total. The first kappa shape index (κ1) is 14.9. The third-order valence-electron chi connectivity index (χ3n) is 3.69. The maximum absolute atomic E-state index is 9.54. The summed E-state index contributed by atoms with van der Waals surface area (Å²) in [5, 5.41) is 10.3. The highest BCUT2D eigenvalue weighted by atomic mass is 35.5. The lowest BCUT2D eigenvalue weighted by molar-refractivity contribution is 0.199. The maximum Gasteiger partial charge on any atom is 0.0761 e. The molecule has 0 saturated carbocycles. The Bertz CT molecular complexity index is 565. The van der Waals surface area contributed by atoms with Gasteiger partial charge in [-0.05, 0) is 49.2 Å². The van der Waals surface area contributed by atoms with E-state index in [1.54, 1.807) is 6.92 Å². The molecule has 0 aliphatic heterocycles. The van der Waals surface area contributed by atoms with Crippen LogP contribution in [0.3, 0.4) is 0 Å². The van der Waals surface area contributed by atoms with E-state index in [0.29, 0.717) is 0 Å². The molecule has 2 rings (SSSR count). The van der Waals surface area contributed by atoms with E-state index in [0.717, 1.165) is 16.3 Å². The molecule has 3 heteroatoms. The van der Waals surface area contributed by atoms with Crippen molar-refractivity contribution in [3.63, 3.8) is 0 Å². The highest BCUT2D eigenvalue weighted by molar-refractivity contribution is 6.30. The number of aliphatic hydroxyl groups is 1. The molecule has 0 spiro atoms. The summed E-state index contributed by atoms with van der Waals surface area (Å²) in [5.74, 6) is 0. The predicted octanol–water partition coefficient (Wildman–Crippen LogP) is 4.59. The third kappa shape index (κ3) is 3.33. The third-order valence-corrected chi connectivity index (χ3v) is 3.93. The van der Waals surface area contributed by atoms with E-state index in [-0.39, 0.29) is 6.04 Å².